The molecule has 2 heterocycles. The van der Waals surface area contributed by atoms with Crippen LogP contribution in [0.1, 0.15) is 91.9 Å². The average molecular weight is 926 g/mol. The lowest BCUT2D eigenvalue weighted by Crippen LogP contribution is -3.06. The molecule has 0 aliphatic carbocycles. The Balaban J connectivity index is 0.000000627. The molecule has 2 aromatic heterocycles. The van der Waals surface area contributed by atoms with Crippen molar-refractivity contribution in [1.29, 1.82) is 0 Å². The number of carbonyl (C=O) groups is 6. The van der Waals surface area contributed by atoms with Crippen LogP contribution in [0, 0.1) is 0 Å². The van der Waals surface area contributed by atoms with Crippen LogP contribution in [-0.2, 0) is 52.3 Å². The first-order chi connectivity index (χ1) is 38.9. The molecule has 3 atom stereocenters. The van der Waals surface area contributed by atoms with Gasteiger partial charge in [-0.2, -0.15) is 10.2 Å². The van der Waals surface area contributed by atoms with Crippen molar-refractivity contribution in [2.24, 2.45) is 14.0 Å². The number of aromatic nitrogens is 4. The molecule has 0 saturated carbocycles. The Bertz CT molecular complexity index is 2840. The average Bonchev–Trinajstić information content (AvgIpc) is 1.37. The summed E-state index contributed by atoms with van der Waals surface area (Å²) < 4.78 is 190. The molecule has 4 rings (SSSR count). The van der Waals surface area contributed by atoms with Crippen LogP contribution in [0.4, 0.5) is 0 Å². The maximum atomic E-state index is 10.3. The second kappa shape index (κ2) is 27.5. The summed E-state index contributed by atoms with van der Waals surface area (Å²) in [6.07, 6.45) is -4.89. The summed E-state index contributed by atoms with van der Waals surface area (Å²) in [6, 6.07) is 18.7. The minimum absolute atomic E-state index is 0.166. The molecule has 0 aliphatic heterocycles. The summed E-state index contributed by atoms with van der Waals surface area (Å²) in [7, 11) is 1.58. The fraction of sp³-hybridized carbons (Fsp3) is 0.429. The van der Waals surface area contributed by atoms with Crippen molar-refractivity contribution in [2.45, 2.75) is 49.1 Å². The van der Waals surface area contributed by atoms with Crippen LogP contribution in [0.15, 0.2) is 85.2 Å². The number of carboxylic acids is 6. The number of hydrogen-bond donors (Lipinski definition) is 8. The fourth-order valence-corrected chi connectivity index (χ4v) is 4.69. The van der Waals surface area contributed by atoms with Gasteiger partial charge in [0, 0.05) is 60.4 Å². The van der Waals surface area contributed by atoms with Crippen LogP contribution in [0.25, 0.3) is 0 Å². The molecule has 22 heteroatoms. The van der Waals surface area contributed by atoms with E-state index >= 15 is 0 Å². The summed E-state index contributed by atoms with van der Waals surface area (Å²) in [5.74, 6) is -10.4. The van der Waals surface area contributed by atoms with Gasteiger partial charge >= 0.3 is 29.8 Å². The predicted octanol–water partition coefficient (Wildman–Crippen LogP) is -1.07. The van der Waals surface area contributed by atoms with E-state index in [0.29, 0.717) is 15.9 Å². The van der Waals surface area contributed by atoms with E-state index in [1.165, 1.54) is 35.1 Å². The molecule has 4 aromatic rings. The maximum Gasteiger partial charge on any atom is 0.336 e. The van der Waals surface area contributed by atoms with Crippen LogP contribution < -0.4 is 10.0 Å². The first-order valence-electron chi connectivity index (χ1n) is 28.9. The molecule has 64 heavy (non-hydrogen) atoms. The number of hydrogen-bond acceptors (Lipinski definition) is 14. The normalized spacial score (nSPS) is 20.0. The Morgan fingerprint density at radius 1 is 0.703 bits per heavy atom. The van der Waals surface area contributed by atoms with Gasteiger partial charge < -0.3 is 64.9 Å². The van der Waals surface area contributed by atoms with E-state index in [-0.39, 0.29) is 11.3 Å². The topological polar surface area (TPSA) is 329 Å². The van der Waals surface area contributed by atoms with Crippen molar-refractivity contribution in [3.05, 3.63) is 108 Å². The summed E-state index contributed by atoms with van der Waals surface area (Å²) in [5, 5.41) is 77.0. The number of nitrogens with zero attached hydrogens (tertiary/aromatic N) is 5. The molecule has 2 aromatic carbocycles. The predicted molar refractivity (Wildman–Crippen MR) is 223 cm³/mol. The Morgan fingerprint density at radius 2 is 1.12 bits per heavy atom. The van der Waals surface area contributed by atoms with Gasteiger partial charge in [0.15, 0.2) is 11.2 Å². The van der Waals surface area contributed by atoms with Crippen molar-refractivity contribution in [3.63, 3.8) is 0 Å². The molecule has 0 bridgehead atoms. The van der Waals surface area contributed by atoms with E-state index in [4.69, 9.17) is 76.7 Å². The maximum absolute atomic E-state index is 10.3. The molecule has 22 nitrogen and oxygen atoms in total. The van der Waals surface area contributed by atoms with Gasteiger partial charge in [0.2, 0.25) is 0 Å². The first kappa shape index (κ1) is 28.3. The van der Waals surface area contributed by atoms with Crippen LogP contribution >= 0.6 is 0 Å². The Hall–Kier alpha value is -6.56. The fourth-order valence-electron chi connectivity index (χ4n) is 4.69. The number of benzene rings is 2. The quantitative estimate of drug-likeness (QED) is 0.0465. The van der Waals surface area contributed by atoms with Gasteiger partial charge in [-0.15, -0.1) is 0 Å². The number of aryl methyl sites for hydroxylation is 2. The minimum atomic E-state index is -3.61. The van der Waals surface area contributed by atoms with Gasteiger partial charge in [-0.3, -0.25) is 23.7 Å². The third-order valence-electron chi connectivity index (χ3n) is 7.52. The van der Waals surface area contributed by atoms with Gasteiger partial charge in [-0.25, -0.2) is 9.59 Å². The summed E-state index contributed by atoms with van der Waals surface area (Å²) in [6.45, 7) is -30.6. The van der Waals surface area contributed by atoms with Crippen LogP contribution in [0.5, 0.6) is 0 Å². The van der Waals surface area contributed by atoms with Gasteiger partial charge in [-0.05, 0) is 37.2 Å². The van der Waals surface area contributed by atoms with Crippen LogP contribution in [0.3, 0.4) is 0 Å². The lowest BCUT2D eigenvalue weighted by molar-refractivity contribution is -0.858. The molecule has 0 saturated heterocycles. The van der Waals surface area contributed by atoms with Gasteiger partial charge in [0.1, 0.15) is 18.7 Å². The highest BCUT2D eigenvalue weighted by molar-refractivity contribution is 5.88. The number of ether oxygens (including phenoxy) is 2. The minimum Gasteiger partial charge on any atom is -0.550 e. The molecule has 8 N–H and O–H groups in total. The van der Waals surface area contributed by atoms with Crippen LogP contribution in [0.2, 0.25) is 0 Å². The smallest absolute Gasteiger partial charge is 0.336 e. The van der Waals surface area contributed by atoms with E-state index < -0.39 is 156 Å². The SMILES string of the molecule is O=C(O)CC(O)(CC(=O)O)C(=O)O.O=C([O-])CC(O)(CC(=O)O)C(=O)O.[2H]C([2H])([2H])N(C([2H])([2H])[2H])C([2H])([2H])C([2H])([2H])OC(c1ccccc1)c1ccnn1C.[2H]C([2H])([2H])n1nccc1C(OC([2H])([2H])C([2H])([2H])[NH+](C([2H])([2H])[2H])C([2H])([2H])[2H])c1ccccc1. The number of quaternary nitrogens is 1. The molecule has 0 amide bonds. The molecular formula is C42H58N6O16. The molecule has 0 fully saturated rings. The zero-order valence-corrected chi connectivity index (χ0v) is 33.1. The standard InChI is InChI=1S/2C15H21N3O.2C6H8O7/c2*1-17(2)11-12-19-15(13-7-5-4-6-8-13)14-9-10-16-18(14)3;2*7-3(8)1-6(13,5(11)12)2-4(9)10/h2*4-10,15H,11-12H2,1-3H3;2*13H,1-2H2,(H,7,8)(H,9,10)(H,11,12)/i1D3,2D3,3D3,11D2,12D2;1D3,2D3,11D2,12D2;;. The number of rotatable bonds is 22. The van der Waals surface area contributed by atoms with Crippen molar-refractivity contribution >= 4 is 35.8 Å². The third kappa shape index (κ3) is 20.5. The Kier molecular flexibility index (Phi) is 12.1. The number of carbonyl (C=O) groups excluding carboxylic acids is 1. The van der Waals surface area contributed by atoms with Gasteiger partial charge in [-0.1, -0.05) is 60.7 Å². The highest BCUT2D eigenvalue weighted by Gasteiger charge is 2.41. The number of carboxylic acid groups (broad SMARTS) is 6. The van der Waals surface area contributed by atoms with Crippen molar-refractivity contribution in [1.82, 2.24) is 24.5 Å². The second-order valence-corrected chi connectivity index (χ2v) is 12.4. The number of likely N-dealkylation sites (N-methyl/N-ethyl adjacent to an activating group) is 2. The highest BCUT2D eigenvalue weighted by atomic mass is 16.5. The zero-order valence-electron chi connectivity index (χ0n) is 56.1. The van der Waals surface area contributed by atoms with Gasteiger partial charge in [0.05, 0.1) is 74.2 Å². The lowest BCUT2D eigenvalue weighted by atomic mass is 9.96. The summed E-state index contributed by atoms with van der Waals surface area (Å²) in [5.41, 5.74) is -4.68. The number of nitrogens with one attached hydrogen (secondary N) is 1. The molecule has 352 valence electrons. The van der Waals surface area contributed by atoms with Crippen molar-refractivity contribution in [2.75, 3.05) is 54.0 Å². The van der Waals surface area contributed by atoms with Crippen molar-refractivity contribution in [3.8, 4) is 0 Å². The molecule has 0 radical (unpaired) electrons. The van der Waals surface area contributed by atoms with E-state index in [1.54, 1.807) is 55.6 Å². The lowest BCUT2D eigenvalue weighted by Gasteiger charge is -2.21. The summed E-state index contributed by atoms with van der Waals surface area (Å²) >= 11 is 0. The zero-order chi connectivity index (χ0) is 68.3. The number of aliphatic carboxylic acids is 6. The Morgan fingerprint density at radius 3 is 1.52 bits per heavy atom. The van der Waals surface area contributed by atoms with E-state index in [2.05, 4.69) is 10.2 Å². The summed E-state index contributed by atoms with van der Waals surface area (Å²) in [4.78, 5) is 58.7. The third-order valence-corrected chi connectivity index (χ3v) is 7.52. The van der Waals surface area contributed by atoms with Crippen molar-refractivity contribution < 1.29 is 116 Å². The molecule has 0 spiro atoms. The Labute approximate surface area is 401 Å². The second-order valence-electron chi connectivity index (χ2n) is 12.4. The first-order valence-corrected chi connectivity index (χ1v) is 17.4. The molecule has 3 unspecified atom stereocenters. The molecule has 0 aliphatic rings. The van der Waals surface area contributed by atoms with E-state index in [9.17, 15) is 33.9 Å². The highest BCUT2D eigenvalue weighted by Crippen LogP contribution is 2.26. The monoisotopic (exact) mass is 926 g/mol. The van der Waals surface area contributed by atoms with Crippen LogP contribution in [-0.4, -0.2) is 161 Å². The molecular weight excluding hydrogens is 844 g/mol. The number of aliphatic hydroxyl groups is 2. The van der Waals surface area contributed by atoms with E-state index in [1.807, 2.05) is 0 Å². The van der Waals surface area contributed by atoms with Gasteiger partial charge in [0.25, 0.3) is 0 Å². The van der Waals surface area contributed by atoms with E-state index in [0.717, 1.165) is 6.20 Å². The largest absolute Gasteiger partial charge is 0.550 e.